The number of nitrogens with one attached hydrogen (secondary N) is 2. The molecular formula is C27H32FN5O7S. The molecule has 4 rings (SSSR count). The Labute approximate surface area is 236 Å². The van der Waals surface area contributed by atoms with Crippen molar-refractivity contribution in [2.45, 2.75) is 19.9 Å². The zero-order valence-electron chi connectivity index (χ0n) is 23.2. The number of benzene rings is 2. The van der Waals surface area contributed by atoms with Gasteiger partial charge in [0.2, 0.25) is 5.91 Å². The van der Waals surface area contributed by atoms with Crippen molar-refractivity contribution in [1.29, 1.82) is 0 Å². The number of likely N-dealkylation sites (N-methyl/N-ethyl adjacent to an activating group) is 1. The van der Waals surface area contributed by atoms with Gasteiger partial charge in [0.25, 0.3) is 10.2 Å². The van der Waals surface area contributed by atoms with Gasteiger partial charge in [0.05, 0.1) is 12.2 Å². The molecule has 0 spiro atoms. The summed E-state index contributed by atoms with van der Waals surface area (Å²) in [4.78, 5) is 42.9. The summed E-state index contributed by atoms with van der Waals surface area (Å²) in [6.45, 7) is 3.93. The zero-order chi connectivity index (χ0) is 29.9. The van der Waals surface area contributed by atoms with Crippen LogP contribution in [0.3, 0.4) is 0 Å². The van der Waals surface area contributed by atoms with E-state index in [2.05, 4.69) is 9.44 Å². The molecule has 3 aromatic rings. The van der Waals surface area contributed by atoms with Gasteiger partial charge in [-0.2, -0.15) is 8.42 Å². The summed E-state index contributed by atoms with van der Waals surface area (Å²) in [6, 6.07) is 8.83. The summed E-state index contributed by atoms with van der Waals surface area (Å²) in [5, 5.41) is 0.530. The molecule has 220 valence electrons. The molecule has 12 nitrogen and oxygen atoms in total. The van der Waals surface area contributed by atoms with Gasteiger partial charge in [0.15, 0.2) is 5.82 Å². The first-order valence-electron chi connectivity index (χ1n) is 12.9. The molecular weight excluding hydrogens is 557 g/mol. The summed E-state index contributed by atoms with van der Waals surface area (Å²) in [5.41, 5.74) is -0.0987. The van der Waals surface area contributed by atoms with Crippen LogP contribution in [0.1, 0.15) is 23.6 Å². The predicted octanol–water partition coefficient (Wildman–Crippen LogP) is 2.12. The normalized spacial score (nSPS) is 14.4. The van der Waals surface area contributed by atoms with Gasteiger partial charge in [-0.05, 0) is 36.2 Å². The monoisotopic (exact) mass is 589 g/mol. The van der Waals surface area contributed by atoms with E-state index < -0.39 is 27.7 Å². The van der Waals surface area contributed by atoms with Crippen LogP contribution in [0, 0.1) is 5.82 Å². The molecule has 1 aromatic heterocycles. The first-order chi connectivity index (χ1) is 19.4. The molecule has 2 aromatic carbocycles. The van der Waals surface area contributed by atoms with E-state index in [0.717, 1.165) is 0 Å². The molecule has 1 fully saturated rings. The van der Waals surface area contributed by atoms with E-state index in [1.165, 1.54) is 50.3 Å². The standard InChI is InChI=1S/C27H32FN5O7S/c1-5-33-12-11-32(16-24(33)34)15-21-19-10-9-18(39-27(36)31(3)4)14-23(19)40-26(35)20(21)13-17-7-6-8-22(25(17)28)30-41(37,38)29-2/h6-10,14,29-30H,5,11-13,15-16H2,1-4H3. The Balaban J connectivity index is 1.78. The zero-order valence-corrected chi connectivity index (χ0v) is 24.0. The molecule has 0 atom stereocenters. The van der Waals surface area contributed by atoms with Gasteiger partial charge in [0.1, 0.15) is 11.3 Å². The van der Waals surface area contributed by atoms with Crippen molar-refractivity contribution in [3.05, 3.63) is 69.3 Å². The van der Waals surface area contributed by atoms with Crippen LogP contribution in [0.5, 0.6) is 5.75 Å². The summed E-state index contributed by atoms with van der Waals surface area (Å²) in [5.74, 6) is -0.712. The maximum Gasteiger partial charge on any atom is 0.414 e. The van der Waals surface area contributed by atoms with Gasteiger partial charge in [-0.1, -0.05) is 12.1 Å². The minimum atomic E-state index is -3.98. The van der Waals surface area contributed by atoms with Crippen LogP contribution >= 0.6 is 0 Å². The Morgan fingerprint density at radius 1 is 1.15 bits per heavy atom. The minimum absolute atomic E-state index is 0.0407. The summed E-state index contributed by atoms with van der Waals surface area (Å²) in [6.07, 6.45) is -0.811. The highest BCUT2D eigenvalue weighted by atomic mass is 32.2. The number of anilines is 1. The smallest absolute Gasteiger partial charge is 0.414 e. The minimum Gasteiger partial charge on any atom is -0.422 e. The molecule has 2 heterocycles. The van der Waals surface area contributed by atoms with Crippen molar-refractivity contribution in [3.63, 3.8) is 0 Å². The Kier molecular flexibility index (Phi) is 8.95. The molecule has 1 aliphatic rings. The van der Waals surface area contributed by atoms with E-state index in [-0.39, 0.29) is 53.6 Å². The highest BCUT2D eigenvalue weighted by molar-refractivity contribution is 7.90. The highest BCUT2D eigenvalue weighted by Crippen LogP contribution is 2.29. The van der Waals surface area contributed by atoms with E-state index in [9.17, 15) is 22.8 Å². The maximum atomic E-state index is 15.4. The van der Waals surface area contributed by atoms with E-state index in [4.69, 9.17) is 9.15 Å². The van der Waals surface area contributed by atoms with Crippen molar-refractivity contribution in [1.82, 2.24) is 19.4 Å². The largest absolute Gasteiger partial charge is 0.422 e. The predicted molar refractivity (Wildman–Crippen MR) is 151 cm³/mol. The molecule has 41 heavy (non-hydrogen) atoms. The van der Waals surface area contributed by atoms with Crippen molar-refractivity contribution in [2.24, 2.45) is 0 Å². The van der Waals surface area contributed by atoms with Crippen molar-refractivity contribution < 1.29 is 31.6 Å². The second kappa shape index (κ2) is 12.2. The third kappa shape index (κ3) is 6.84. The van der Waals surface area contributed by atoms with Crippen LogP contribution < -0.4 is 19.8 Å². The topological polar surface area (TPSA) is 142 Å². The molecule has 0 bridgehead atoms. The summed E-state index contributed by atoms with van der Waals surface area (Å²) in [7, 11) is 0.274. The Morgan fingerprint density at radius 2 is 1.90 bits per heavy atom. The van der Waals surface area contributed by atoms with Gasteiger partial charge in [-0.25, -0.2) is 18.7 Å². The lowest BCUT2D eigenvalue weighted by atomic mass is 9.97. The molecule has 2 amide bonds. The first kappa shape index (κ1) is 30.0. The maximum absolute atomic E-state index is 15.4. The number of piperazine rings is 1. The van der Waals surface area contributed by atoms with Crippen molar-refractivity contribution in [2.75, 3.05) is 52.0 Å². The highest BCUT2D eigenvalue weighted by Gasteiger charge is 2.26. The molecule has 1 saturated heterocycles. The van der Waals surface area contributed by atoms with E-state index in [1.54, 1.807) is 17.0 Å². The number of fused-ring (bicyclic) bond motifs is 1. The number of halogens is 1. The van der Waals surface area contributed by atoms with Crippen molar-refractivity contribution in [3.8, 4) is 5.75 Å². The second-order valence-electron chi connectivity index (χ2n) is 9.72. The lowest BCUT2D eigenvalue weighted by Crippen LogP contribution is -2.49. The Morgan fingerprint density at radius 3 is 2.56 bits per heavy atom. The van der Waals surface area contributed by atoms with Crippen LogP contribution in [-0.2, 0) is 28.0 Å². The molecule has 0 saturated carbocycles. The third-order valence-electron chi connectivity index (χ3n) is 6.78. The second-order valence-corrected chi connectivity index (χ2v) is 11.3. The Bertz CT molecular complexity index is 1640. The third-order valence-corrected chi connectivity index (χ3v) is 7.81. The van der Waals surface area contributed by atoms with Crippen molar-refractivity contribution >= 4 is 38.9 Å². The van der Waals surface area contributed by atoms with Crippen LogP contribution in [0.2, 0.25) is 0 Å². The molecule has 0 radical (unpaired) electrons. The number of carbonyl (C=O) groups is 2. The first-order valence-corrected chi connectivity index (χ1v) is 14.4. The fourth-order valence-electron chi connectivity index (χ4n) is 4.53. The number of hydrogen-bond donors (Lipinski definition) is 2. The summed E-state index contributed by atoms with van der Waals surface area (Å²) < 4.78 is 54.4. The fourth-order valence-corrected chi connectivity index (χ4v) is 5.08. The van der Waals surface area contributed by atoms with E-state index in [1.807, 2.05) is 11.8 Å². The van der Waals surface area contributed by atoms with Gasteiger partial charge < -0.3 is 19.0 Å². The lowest BCUT2D eigenvalue weighted by Gasteiger charge is -2.34. The average Bonchev–Trinajstić information content (AvgIpc) is 2.92. The van der Waals surface area contributed by atoms with E-state index in [0.29, 0.717) is 30.6 Å². The van der Waals surface area contributed by atoms with Crippen LogP contribution in [-0.4, -0.2) is 82.4 Å². The van der Waals surface area contributed by atoms with Gasteiger partial charge >= 0.3 is 11.7 Å². The van der Waals surface area contributed by atoms with Crippen LogP contribution in [0.4, 0.5) is 14.9 Å². The molecule has 0 unspecified atom stereocenters. The quantitative estimate of drug-likeness (QED) is 0.362. The summed E-state index contributed by atoms with van der Waals surface area (Å²) >= 11 is 0. The Hall–Kier alpha value is -4.01. The molecule has 2 N–H and O–H groups in total. The average molecular weight is 590 g/mol. The van der Waals surface area contributed by atoms with Gasteiger partial charge in [-0.3, -0.25) is 14.4 Å². The van der Waals surface area contributed by atoms with Gasteiger partial charge in [0, 0.05) is 70.8 Å². The van der Waals surface area contributed by atoms with Gasteiger partial charge in [-0.15, -0.1) is 0 Å². The number of carbonyl (C=O) groups excluding carboxylic acids is 2. The number of rotatable bonds is 9. The fraction of sp³-hybridized carbons (Fsp3) is 0.370. The SMILES string of the molecule is CCN1CCN(Cc2c(Cc3cccc(NS(=O)(=O)NC)c3F)c(=O)oc3cc(OC(=O)N(C)C)ccc23)CC1=O. The number of amides is 2. The molecule has 0 aliphatic carbocycles. The molecule has 1 aliphatic heterocycles. The molecule has 14 heteroatoms. The number of hydrogen-bond acceptors (Lipinski definition) is 8. The van der Waals surface area contributed by atoms with Crippen LogP contribution in [0.15, 0.2) is 45.6 Å². The number of ether oxygens (including phenoxy) is 1. The number of nitrogens with zero attached hydrogens (tertiary/aromatic N) is 3. The van der Waals surface area contributed by atoms with Crippen LogP contribution in [0.25, 0.3) is 11.0 Å². The van der Waals surface area contributed by atoms with E-state index >= 15 is 4.39 Å². The lowest BCUT2D eigenvalue weighted by molar-refractivity contribution is -0.135.